The minimum absolute atomic E-state index is 0.126. The number of aryl methyl sites for hydroxylation is 1. The van der Waals surface area contributed by atoms with Gasteiger partial charge in [-0.25, -0.2) is 4.98 Å². The Labute approximate surface area is 84.7 Å². The van der Waals surface area contributed by atoms with Gasteiger partial charge in [-0.2, -0.15) is 0 Å². The van der Waals surface area contributed by atoms with Crippen LogP contribution in [0.15, 0.2) is 18.3 Å². The molecule has 0 saturated heterocycles. The zero-order valence-electron chi connectivity index (χ0n) is 8.59. The van der Waals surface area contributed by atoms with Crippen molar-refractivity contribution in [3.63, 3.8) is 0 Å². The van der Waals surface area contributed by atoms with E-state index in [0.29, 0.717) is 6.54 Å². The molecule has 1 fully saturated rings. The Morgan fingerprint density at radius 1 is 1.57 bits per heavy atom. The van der Waals surface area contributed by atoms with E-state index in [1.54, 1.807) is 0 Å². The van der Waals surface area contributed by atoms with Crippen LogP contribution in [0, 0.1) is 6.92 Å². The molecular formula is C11H17N3. The van der Waals surface area contributed by atoms with Crippen molar-refractivity contribution in [2.24, 2.45) is 5.73 Å². The lowest BCUT2D eigenvalue weighted by atomic mass is 9.77. The summed E-state index contributed by atoms with van der Waals surface area (Å²) >= 11 is 0. The van der Waals surface area contributed by atoms with Gasteiger partial charge in [0, 0.05) is 12.7 Å². The molecule has 1 heterocycles. The number of nitrogens with two attached hydrogens (primary N) is 1. The van der Waals surface area contributed by atoms with E-state index < -0.39 is 0 Å². The molecule has 0 amide bonds. The summed E-state index contributed by atoms with van der Waals surface area (Å²) < 4.78 is 0. The van der Waals surface area contributed by atoms with E-state index in [0.717, 1.165) is 5.82 Å². The molecule has 14 heavy (non-hydrogen) atoms. The lowest BCUT2D eigenvalue weighted by molar-refractivity contribution is 0.286. The molecule has 76 valence electrons. The number of nitrogens with one attached hydrogen (secondary N) is 1. The Morgan fingerprint density at radius 2 is 2.36 bits per heavy atom. The van der Waals surface area contributed by atoms with E-state index in [-0.39, 0.29) is 5.54 Å². The highest BCUT2D eigenvalue weighted by atomic mass is 15.1. The number of aromatic nitrogens is 1. The van der Waals surface area contributed by atoms with Gasteiger partial charge < -0.3 is 11.1 Å². The van der Waals surface area contributed by atoms with Gasteiger partial charge in [-0.3, -0.25) is 0 Å². The predicted molar refractivity (Wildman–Crippen MR) is 58.2 cm³/mol. The lowest BCUT2D eigenvalue weighted by Gasteiger charge is -2.42. The second kappa shape index (κ2) is 3.58. The first-order chi connectivity index (χ1) is 6.74. The summed E-state index contributed by atoms with van der Waals surface area (Å²) in [5.74, 6) is 0.954. The zero-order valence-corrected chi connectivity index (χ0v) is 8.59. The molecule has 0 unspecified atom stereocenters. The van der Waals surface area contributed by atoms with Crippen molar-refractivity contribution in [3.8, 4) is 0 Å². The summed E-state index contributed by atoms with van der Waals surface area (Å²) in [7, 11) is 0. The van der Waals surface area contributed by atoms with Gasteiger partial charge in [0.1, 0.15) is 5.82 Å². The smallest absolute Gasteiger partial charge is 0.126 e. The number of rotatable bonds is 3. The van der Waals surface area contributed by atoms with Crippen molar-refractivity contribution in [1.82, 2.24) is 4.98 Å². The summed E-state index contributed by atoms with van der Waals surface area (Å²) in [5, 5.41) is 3.45. The van der Waals surface area contributed by atoms with Crippen LogP contribution in [0.3, 0.4) is 0 Å². The van der Waals surface area contributed by atoms with E-state index in [9.17, 15) is 0 Å². The van der Waals surface area contributed by atoms with Crippen molar-refractivity contribution < 1.29 is 0 Å². The van der Waals surface area contributed by atoms with E-state index >= 15 is 0 Å². The fourth-order valence-corrected chi connectivity index (χ4v) is 1.86. The van der Waals surface area contributed by atoms with Gasteiger partial charge >= 0.3 is 0 Å². The van der Waals surface area contributed by atoms with Gasteiger partial charge in [0.05, 0.1) is 5.54 Å². The standard InChI is InChI=1S/C11H17N3/c1-9-3-6-13-10(7-9)14-11(8-12)4-2-5-11/h3,6-7H,2,4-5,8,12H2,1H3,(H,13,14). The van der Waals surface area contributed by atoms with E-state index in [2.05, 4.69) is 23.3 Å². The first-order valence-electron chi connectivity index (χ1n) is 5.15. The van der Waals surface area contributed by atoms with Crippen molar-refractivity contribution in [2.75, 3.05) is 11.9 Å². The highest BCUT2D eigenvalue weighted by Crippen LogP contribution is 2.33. The Balaban J connectivity index is 2.09. The molecule has 0 radical (unpaired) electrons. The van der Waals surface area contributed by atoms with E-state index in [4.69, 9.17) is 5.73 Å². The third kappa shape index (κ3) is 1.73. The molecule has 3 heteroatoms. The summed E-state index contributed by atoms with van der Waals surface area (Å²) in [6.45, 7) is 2.77. The fourth-order valence-electron chi connectivity index (χ4n) is 1.86. The molecule has 0 atom stereocenters. The molecule has 0 spiro atoms. The normalized spacial score (nSPS) is 18.7. The van der Waals surface area contributed by atoms with E-state index in [1.807, 2.05) is 12.3 Å². The third-order valence-electron chi connectivity index (χ3n) is 3.01. The summed E-state index contributed by atoms with van der Waals surface area (Å²) in [5.41, 5.74) is 7.12. The Morgan fingerprint density at radius 3 is 2.86 bits per heavy atom. The summed E-state index contributed by atoms with van der Waals surface area (Å²) in [4.78, 5) is 4.29. The van der Waals surface area contributed by atoms with Crippen LogP contribution in [0.25, 0.3) is 0 Å². The molecule has 1 aliphatic carbocycles. The van der Waals surface area contributed by atoms with Gasteiger partial charge in [0.25, 0.3) is 0 Å². The molecular weight excluding hydrogens is 174 g/mol. The molecule has 1 saturated carbocycles. The summed E-state index contributed by atoms with van der Waals surface area (Å²) in [6.07, 6.45) is 5.44. The van der Waals surface area contributed by atoms with Gasteiger partial charge in [0.2, 0.25) is 0 Å². The summed E-state index contributed by atoms with van der Waals surface area (Å²) in [6, 6.07) is 4.07. The second-order valence-corrected chi connectivity index (χ2v) is 4.18. The van der Waals surface area contributed by atoms with Gasteiger partial charge in [-0.15, -0.1) is 0 Å². The molecule has 1 aromatic rings. The Kier molecular flexibility index (Phi) is 2.42. The number of pyridine rings is 1. The maximum atomic E-state index is 5.76. The van der Waals surface area contributed by atoms with Crippen LogP contribution in [0.1, 0.15) is 24.8 Å². The number of anilines is 1. The minimum atomic E-state index is 0.126. The molecule has 3 N–H and O–H groups in total. The topological polar surface area (TPSA) is 50.9 Å². The van der Waals surface area contributed by atoms with Crippen LogP contribution >= 0.6 is 0 Å². The molecule has 0 aliphatic heterocycles. The molecule has 2 rings (SSSR count). The highest BCUT2D eigenvalue weighted by molar-refractivity contribution is 5.41. The van der Waals surface area contributed by atoms with Crippen LogP contribution in [0.4, 0.5) is 5.82 Å². The SMILES string of the molecule is Cc1ccnc(NC2(CN)CCC2)c1. The van der Waals surface area contributed by atoms with Gasteiger partial charge in [-0.05, 0) is 43.9 Å². The first kappa shape index (κ1) is 9.46. The van der Waals surface area contributed by atoms with Gasteiger partial charge in [-0.1, -0.05) is 0 Å². The van der Waals surface area contributed by atoms with Crippen LogP contribution in [0.2, 0.25) is 0 Å². The molecule has 0 bridgehead atoms. The van der Waals surface area contributed by atoms with Crippen molar-refractivity contribution in [2.45, 2.75) is 31.7 Å². The Bertz CT molecular complexity index is 313. The maximum absolute atomic E-state index is 5.76. The van der Waals surface area contributed by atoms with Crippen LogP contribution in [-0.2, 0) is 0 Å². The molecule has 1 aliphatic rings. The van der Waals surface area contributed by atoms with Crippen molar-refractivity contribution in [3.05, 3.63) is 23.9 Å². The maximum Gasteiger partial charge on any atom is 0.126 e. The first-order valence-corrected chi connectivity index (χ1v) is 5.15. The zero-order chi connectivity index (χ0) is 10.0. The van der Waals surface area contributed by atoms with E-state index in [1.165, 1.54) is 24.8 Å². The largest absolute Gasteiger partial charge is 0.363 e. The Hall–Kier alpha value is -1.09. The second-order valence-electron chi connectivity index (χ2n) is 4.18. The highest BCUT2D eigenvalue weighted by Gasteiger charge is 2.35. The number of hydrogen-bond acceptors (Lipinski definition) is 3. The fraction of sp³-hybridized carbons (Fsp3) is 0.545. The molecule has 3 nitrogen and oxygen atoms in total. The van der Waals surface area contributed by atoms with Crippen LogP contribution < -0.4 is 11.1 Å². The molecule has 0 aromatic carbocycles. The average molecular weight is 191 g/mol. The van der Waals surface area contributed by atoms with Gasteiger partial charge in [0.15, 0.2) is 0 Å². The predicted octanol–water partition coefficient (Wildman–Crippen LogP) is 1.68. The third-order valence-corrected chi connectivity index (χ3v) is 3.01. The van der Waals surface area contributed by atoms with Crippen molar-refractivity contribution in [1.29, 1.82) is 0 Å². The lowest BCUT2D eigenvalue weighted by Crippen LogP contribution is -2.51. The number of nitrogens with zero attached hydrogens (tertiary/aromatic N) is 1. The quantitative estimate of drug-likeness (QED) is 0.764. The minimum Gasteiger partial charge on any atom is -0.363 e. The van der Waals surface area contributed by atoms with Crippen molar-refractivity contribution >= 4 is 5.82 Å². The number of hydrogen-bond donors (Lipinski definition) is 2. The van der Waals surface area contributed by atoms with Crippen LogP contribution in [-0.4, -0.2) is 17.1 Å². The monoisotopic (exact) mass is 191 g/mol. The molecule has 1 aromatic heterocycles. The van der Waals surface area contributed by atoms with Crippen LogP contribution in [0.5, 0.6) is 0 Å². The average Bonchev–Trinajstić information content (AvgIpc) is 2.11.